The molecular weight excluding hydrogens is 292 g/mol. The molecule has 0 aromatic heterocycles. The molecule has 2 rings (SSSR count). The number of piperidine rings is 1. The van der Waals surface area contributed by atoms with Gasteiger partial charge in [0.2, 0.25) is 0 Å². The lowest BCUT2D eigenvalue weighted by molar-refractivity contribution is -0.141. The number of nitrogens with zero attached hydrogens (tertiary/aromatic N) is 2. The third kappa shape index (κ3) is 3.63. The van der Waals surface area contributed by atoms with E-state index in [-0.39, 0.29) is 17.5 Å². The predicted octanol–water partition coefficient (Wildman–Crippen LogP) is 1.85. The molecule has 2 amide bonds. The van der Waals surface area contributed by atoms with Crippen molar-refractivity contribution < 1.29 is 19.4 Å². The predicted molar refractivity (Wildman–Crippen MR) is 81.4 cm³/mol. The number of methoxy groups -OCH3 is 1. The van der Waals surface area contributed by atoms with Crippen molar-refractivity contribution in [2.75, 3.05) is 26.0 Å². The first-order chi connectivity index (χ1) is 10.1. The first kappa shape index (κ1) is 16.4. The van der Waals surface area contributed by atoms with Crippen LogP contribution >= 0.6 is 11.8 Å². The molecule has 1 N–H and O–H groups in total. The standard InChI is InChI=1S/C14H24N2O4S/c1-3-4-12-16(11(9-21-12)13(17)18)14(19)15-7-5-10(20-2)6-8-15/h10-12H,3-9H2,1-2H3,(H,17,18). The molecular formula is C14H24N2O4S. The van der Waals surface area contributed by atoms with Gasteiger partial charge >= 0.3 is 12.0 Å². The summed E-state index contributed by atoms with van der Waals surface area (Å²) in [5.41, 5.74) is 0. The van der Waals surface area contributed by atoms with Crippen molar-refractivity contribution >= 4 is 23.8 Å². The van der Waals surface area contributed by atoms with Gasteiger partial charge in [-0.2, -0.15) is 0 Å². The molecule has 21 heavy (non-hydrogen) atoms. The average Bonchev–Trinajstić information content (AvgIpc) is 2.91. The summed E-state index contributed by atoms with van der Waals surface area (Å²) in [7, 11) is 1.69. The maximum Gasteiger partial charge on any atom is 0.327 e. The van der Waals surface area contributed by atoms with Crippen LogP contribution in [0.1, 0.15) is 32.6 Å². The Morgan fingerprint density at radius 2 is 2.00 bits per heavy atom. The number of hydrogen-bond donors (Lipinski definition) is 1. The molecule has 0 aliphatic carbocycles. The number of carbonyl (C=O) groups excluding carboxylic acids is 1. The van der Waals surface area contributed by atoms with Gasteiger partial charge in [0, 0.05) is 26.0 Å². The number of ether oxygens (including phenoxy) is 1. The van der Waals surface area contributed by atoms with Crippen molar-refractivity contribution in [2.24, 2.45) is 0 Å². The molecule has 2 aliphatic rings. The maximum absolute atomic E-state index is 12.7. The summed E-state index contributed by atoms with van der Waals surface area (Å²) < 4.78 is 5.31. The molecule has 2 saturated heterocycles. The Labute approximate surface area is 129 Å². The highest BCUT2D eigenvalue weighted by Gasteiger charge is 2.43. The monoisotopic (exact) mass is 316 g/mol. The van der Waals surface area contributed by atoms with Crippen molar-refractivity contribution in [2.45, 2.75) is 50.1 Å². The highest BCUT2D eigenvalue weighted by Crippen LogP contribution is 2.33. The molecule has 0 aromatic rings. The highest BCUT2D eigenvalue weighted by atomic mass is 32.2. The van der Waals surface area contributed by atoms with Crippen molar-refractivity contribution in [1.29, 1.82) is 0 Å². The van der Waals surface area contributed by atoms with E-state index < -0.39 is 12.0 Å². The van der Waals surface area contributed by atoms with Crippen molar-refractivity contribution in [3.63, 3.8) is 0 Å². The Hall–Kier alpha value is -0.950. The normalized spacial score (nSPS) is 27.1. The van der Waals surface area contributed by atoms with E-state index in [4.69, 9.17) is 4.74 Å². The fourth-order valence-corrected chi connectivity index (χ4v) is 4.43. The van der Waals surface area contributed by atoms with Gasteiger partial charge in [-0.25, -0.2) is 9.59 Å². The summed E-state index contributed by atoms with van der Waals surface area (Å²) in [6.07, 6.45) is 3.64. The summed E-state index contributed by atoms with van der Waals surface area (Å²) >= 11 is 1.58. The van der Waals surface area contributed by atoms with E-state index in [0.717, 1.165) is 25.7 Å². The Balaban J connectivity index is 2.05. The number of urea groups is 1. The Morgan fingerprint density at radius 1 is 1.33 bits per heavy atom. The first-order valence-electron chi connectivity index (χ1n) is 7.53. The quantitative estimate of drug-likeness (QED) is 0.857. The number of carbonyl (C=O) groups is 2. The lowest BCUT2D eigenvalue weighted by Crippen LogP contribution is -2.53. The number of carboxylic acid groups (broad SMARTS) is 1. The van der Waals surface area contributed by atoms with Crippen molar-refractivity contribution in [1.82, 2.24) is 9.80 Å². The summed E-state index contributed by atoms with van der Waals surface area (Å²) in [5.74, 6) is -0.415. The van der Waals surface area contributed by atoms with Gasteiger partial charge in [-0.1, -0.05) is 13.3 Å². The lowest BCUT2D eigenvalue weighted by Gasteiger charge is -2.37. The van der Waals surface area contributed by atoms with Crippen LogP contribution in [0, 0.1) is 0 Å². The molecule has 2 unspecified atom stereocenters. The number of carboxylic acids is 1. The molecule has 7 heteroatoms. The number of aliphatic carboxylic acids is 1. The summed E-state index contributed by atoms with van der Waals surface area (Å²) in [6, 6.07) is -0.820. The second kappa shape index (κ2) is 7.35. The maximum atomic E-state index is 12.7. The highest BCUT2D eigenvalue weighted by molar-refractivity contribution is 8.00. The zero-order valence-corrected chi connectivity index (χ0v) is 13.5. The van der Waals surface area contributed by atoms with E-state index in [0.29, 0.717) is 18.8 Å². The van der Waals surface area contributed by atoms with Crippen LogP contribution in [-0.2, 0) is 9.53 Å². The minimum atomic E-state index is -0.902. The fraction of sp³-hybridized carbons (Fsp3) is 0.857. The minimum Gasteiger partial charge on any atom is -0.480 e. The molecule has 0 bridgehead atoms. The van der Waals surface area contributed by atoms with Crippen LogP contribution in [0.15, 0.2) is 0 Å². The van der Waals surface area contributed by atoms with Gasteiger partial charge < -0.3 is 14.7 Å². The van der Waals surface area contributed by atoms with Gasteiger partial charge in [-0.15, -0.1) is 11.8 Å². The van der Waals surface area contributed by atoms with Crippen LogP contribution in [0.3, 0.4) is 0 Å². The third-order valence-electron chi connectivity index (χ3n) is 4.18. The van der Waals surface area contributed by atoms with Gasteiger partial charge in [-0.3, -0.25) is 4.90 Å². The Morgan fingerprint density at radius 3 is 2.52 bits per heavy atom. The molecule has 0 radical (unpaired) electrons. The first-order valence-corrected chi connectivity index (χ1v) is 8.57. The fourth-order valence-electron chi connectivity index (χ4n) is 2.93. The van der Waals surface area contributed by atoms with E-state index in [9.17, 15) is 14.7 Å². The van der Waals surface area contributed by atoms with Gasteiger partial charge in [-0.05, 0) is 19.3 Å². The van der Waals surface area contributed by atoms with Gasteiger partial charge in [0.25, 0.3) is 0 Å². The second-order valence-electron chi connectivity index (χ2n) is 5.54. The Kier molecular flexibility index (Phi) is 5.75. The van der Waals surface area contributed by atoms with Gasteiger partial charge in [0.05, 0.1) is 11.5 Å². The molecule has 2 aliphatic heterocycles. The zero-order chi connectivity index (χ0) is 15.4. The average molecular weight is 316 g/mol. The third-order valence-corrected chi connectivity index (χ3v) is 5.54. The van der Waals surface area contributed by atoms with Crippen LogP contribution in [0.25, 0.3) is 0 Å². The van der Waals surface area contributed by atoms with E-state index >= 15 is 0 Å². The lowest BCUT2D eigenvalue weighted by atomic mass is 10.1. The molecule has 0 saturated carbocycles. The SMILES string of the molecule is CCCC1SCC(C(=O)O)N1C(=O)N1CCC(OC)CC1. The van der Waals surface area contributed by atoms with Crippen LogP contribution in [0.2, 0.25) is 0 Å². The molecule has 2 atom stereocenters. The molecule has 2 heterocycles. The number of amides is 2. The Bertz CT molecular complexity index is 385. The molecule has 2 fully saturated rings. The smallest absolute Gasteiger partial charge is 0.327 e. The van der Waals surface area contributed by atoms with E-state index in [1.165, 1.54) is 0 Å². The number of hydrogen-bond acceptors (Lipinski definition) is 4. The second-order valence-corrected chi connectivity index (χ2v) is 6.75. The van der Waals surface area contributed by atoms with E-state index in [2.05, 4.69) is 6.92 Å². The van der Waals surface area contributed by atoms with E-state index in [1.807, 2.05) is 0 Å². The number of rotatable bonds is 4. The van der Waals surface area contributed by atoms with Crippen LogP contribution in [0.4, 0.5) is 4.79 Å². The van der Waals surface area contributed by atoms with Gasteiger partial charge in [0.1, 0.15) is 6.04 Å². The topological polar surface area (TPSA) is 70.1 Å². The molecule has 0 aromatic carbocycles. The van der Waals surface area contributed by atoms with Gasteiger partial charge in [0.15, 0.2) is 0 Å². The molecule has 120 valence electrons. The number of thioether (sulfide) groups is 1. The van der Waals surface area contributed by atoms with E-state index in [1.54, 1.807) is 28.7 Å². The van der Waals surface area contributed by atoms with Crippen LogP contribution in [0.5, 0.6) is 0 Å². The van der Waals surface area contributed by atoms with Crippen molar-refractivity contribution in [3.05, 3.63) is 0 Å². The summed E-state index contributed by atoms with van der Waals surface area (Å²) in [5, 5.41) is 9.34. The largest absolute Gasteiger partial charge is 0.480 e. The summed E-state index contributed by atoms with van der Waals surface area (Å²) in [6.45, 7) is 3.34. The van der Waals surface area contributed by atoms with Crippen molar-refractivity contribution in [3.8, 4) is 0 Å². The zero-order valence-electron chi connectivity index (χ0n) is 12.7. The summed E-state index contributed by atoms with van der Waals surface area (Å²) in [4.78, 5) is 27.5. The van der Waals surface area contributed by atoms with Crippen LogP contribution < -0.4 is 0 Å². The van der Waals surface area contributed by atoms with Crippen LogP contribution in [-0.4, -0.2) is 70.4 Å². The molecule has 0 spiro atoms. The minimum absolute atomic E-state index is 0.0104. The number of likely N-dealkylation sites (tertiary alicyclic amines) is 1. The molecule has 6 nitrogen and oxygen atoms in total.